The van der Waals surface area contributed by atoms with Gasteiger partial charge in [0.2, 0.25) is 0 Å². The zero-order valence-corrected chi connectivity index (χ0v) is 17.4. The Bertz CT molecular complexity index is 1050. The average Bonchev–Trinajstić information content (AvgIpc) is 2.84. The molecule has 0 saturated carbocycles. The average molecular weight is 412 g/mol. The van der Waals surface area contributed by atoms with Gasteiger partial charge in [0.15, 0.2) is 0 Å². The van der Waals surface area contributed by atoms with Gasteiger partial charge in [-0.3, -0.25) is 9.69 Å². The first-order valence-corrected chi connectivity index (χ1v) is 10.5. The zero-order valence-electron chi connectivity index (χ0n) is 17.4. The fourth-order valence-electron chi connectivity index (χ4n) is 3.73. The molecular weight excluding hydrogens is 386 g/mol. The summed E-state index contributed by atoms with van der Waals surface area (Å²) in [6.45, 7) is 4.26. The Morgan fingerprint density at radius 2 is 1.52 bits per heavy atom. The number of ether oxygens (including phenoxy) is 1. The van der Waals surface area contributed by atoms with Crippen molar-refractivity contribution in [3.63, 3.8) is 0 Å². The Morgan fingerprint density at radius 3 is 2.23 bits per heavy atom. The number of rotatable bonds is 6. The summed E-state index contributed by atoms with van der Waals surface area (Å²) < 4.78 is 5.97. The Hall–Kier alpha value is -3.62. The van der Waals surface area contributed by atoms with Gasteiger partial charge < -0.3 is 9.64 Å². The van der Waals surface area contributed by atoms with Crippen LogP contribution in [-0.4, -0.2) is 41.9 Å². The number of nitrogens with zero attached hydrogens (tertiary/aromatic N) is 3. The number of nitriles is 1. The first kappa shape index (κ1) is 20.6. The molecule has 0 radical (unpaired) electrons. The minimum Gasteiger partial charge on any atom is -0.488 e. The van der Waals surface area contributed by atoms with Crippen molar-refractivity contribution in [2.24, 2.45) is 0 Å². The summed E-state index contributed by atoms with van der Waals surface area (Å²) in [4.78, 5) is 17.4. The Labute approximate surface area is 183 Å². The highest BCUT2D eigenvalue weighted by atomic mass is 16.5. The number of hydrogen-bond acceptors (Lipinski definition) is 4. The maximum absolute atomic E-state index is 13.2. The fourth-order valence-corrected chi connectivity index (χ4v) is 3.73. The van der Waals surface area contributed by atoms with Crippen molar-refractivity contribution in [3.05, 3.63) is 101 Å². The third-order valence-corrected chi connectivity index (χ3v) is 5.50. The van der Waals surface area contributed by atoms with E-state index in [0.29, 0.717) is 36.6 Å². The molecule has 0 aromatic heterocycles. The maximum atomic E-state index is 13.2. The fraction of sp³-hybridized carbons (Fsp3) is 0.231. The van der Waals surface area contributed by atoms with Crippen LogP contribution in [0.3, 0.4) is 0 Å². The highest BCUT2D eigenvalue weighted by molar-refractivity contribution is 5.97. The molecule has 1 heterocycles. The quantitative estimate of drug-likeness (QED) is 0.613. The van der Waals surface area contributed by atoms with Crippen LogP contribution in [0.2, 0.25) is 0 Å². The molecule has 0 atom stereocenters. The van der Waals surface area contributed by atoms with Gasteiger partial charge in [0.05, 0.1) is 17.2 Å². The predicted molar refractivity (Wildman–Crippen MR) is 120 cm³/mol. The van der Waals surface area contributed by atoms with E-state index < -0.39 is 0 Å². The second-order valence-electron chi connectivity index (χ2n) is 7.65. The van der Waals surface area contributed by atoms with E-state index in [1.165, 1.54) is 5.56 Å². The summed E-state index contributed by atoms with van der Waals surface area (Å²) in [5.41, 5.74) is 3.53. The minimum absolute atomic E-state index is 0.0154. The van der Waals surface area contributed by atoms with Gasteiger partial charge in [-0.1, -0.05) is 54.6 Å². The summed E-state index contributed by atoms with van der Waals surface area (Å²) in [6, 6.07) is 27.3. The molecule has 0 unspecified atom stereocenters. The minimum atomic E-state index is 0.0154. The molecule has 0 aliphatic carbocycles. The summed E-state index contributed by atoms with van der Waals surface area (Å²) in [5, 5.41) is 8.93. The molecule has 5 heteroatoms. The van der Waals surface area contributed by atoms with Gasteiger partial charge in [0, 0.05) is 32.7 Å². The van der Waals surface area contributed by atoms with Crippen molar-refractivity contribution >= 4 is 5.91 Å². The van der Waals surface area contributed by atoms with E-state index in [1.807, 2.05) is 83.8 Å². The van der Waals surface area contributed by atoms with Gasteiger partial charge in [-0.25, -0.2) is 0 Å². The van der Waals surface area contributed by atoms with Gasteiger partial charge in [-0.15, -0.1) is 0 Å². The molecule has 3 aromatic carbocycles. The van der Waals surface area contributed by atoms with Crippen LogP contribution >= 0.6 is 0 Å². The monoisotopic (exact) mass is 411 g/mol. The third-order valence-electron chi connectivity index (χ3n) is 5.50. The molecule has 1 saturated heterocycles. The Kier molecular flexibility index (Phi) is 6.61. The lowest BCUT2D eigenvalue weighted by molar-refractivity contribution is 0.0624. The summed E-state index contributed by atoms with van der Waals surface area (Å²) in [6.07, 6.45) is 0. The summed E-state index contributed by atoms with van der Waals surface area (Å²) in [5.74, 6) is 0.637. The van der Waals surface area contributed by atoms with Crippen LogP contribution in [-0.2, 0) is 13.2 Å². The molecule has 1 amide bonds. The van der Waals surface area contributed by atoms with Gasteiger partial charge in [0.1, 0.15) is 12.4 Å². The molecule has 0 N–H and O–H groups in total. The van der Waals surface area contributed by atoms with E-state index in [9.17, 15) is 4.79 Å². The summed E-state index contributed by atoms with van der Waals surface area (Å²) in [7, 11) is 0. The van der Waals surface area contributed by atoms with Crippen LogP contribution in [0.5, 0.6) is 5.75 Å². The van der Waals surface area contributed by atoms with Crippen molar-refractivity contribution in [3.8, 4) is 11.8 Å². The standard InChI is InChI=1S/C26H25N3O2/c27-18-21-10-12-22(13-11-21)19-28-14-16-29(17-15-28)26(30)24-8-4-5-9-25(24)31-20-23-6-2-1-3-7-23/h1-13H,14-17,19-20H2. The SMILES string of the molecule is N#Cc1ccc(CN2CCN(C(=O)c3ccccc3OCc3ccccc3)CC2)cc1. The smallest absolute Gasteiger partial charge is 0.257 e. The van der Waals surface area contributed by atoms with Gasteiger partial charge in [-0.2, -0.15) is 5.26 Å². The normalized spacial score (nSPS) is 14.1. The zero-order chi connectivity index (χ0) is 21.5. The highest BCUT2D eigenvalue weighted by Crippen LogP contribution is 2.22. The first-order valence-electron chi connectivity index (χ1n) is 10.5. The molecule has 31 heavy (non-hydrogen) atoms. The van der Waals surface area contributed by atoms with Crippen molar-refractivity contribution < 1.29 is 9.53 Å². The van der Waals surface area contributed by atoms with E-state index in [-0.39, 0.29) is 5.91 Å². The van der Waals surface area contributed by atoms with Crippen LogP contribution < -0.4 is 4.74 Å². The number of amides is 1. The molecule has 3 aromatic rings. The maximum Gasteiger partial charge on any atom is 0.257 e. The number of benzene rings is 3. The lowest BCUT2D eigenvalue weighted by Crippen LogP contribution is -2.48. The second-order valence-corrected chi connectivity index (χ2v) is 7.65. The Morgan fingerprint density at radius 1 is 0.839 bits per heavy atom. The summed E-state index contributed by atoms with van der Waals surface area (Å²) >= 11 is 0. The molecule has 5 nitrogen and oxygen atoms in total. The number of carbonyl (C=O) groups excluding carboxylic acids is 1. The lowest BCUT2D eigenvalue weighted by atomic mass is 10.1. The molecule has 1 aliphatic heterocycles. The van der Waals surface area contributed by atoms with Gasteiger partial charge in [-0.05, 0) is 35.4 Å². The molecule has 156 valence electrons. The van der Waals surface area contributed by atoms with Crippen LogP contribution in [0, 0.1) is 11.3 Å². The molecule has 1 aliphatic rings. The van der Waals surface area contributed by atoms with E-state index in [4.69, 9.17) is 10.00 Å². The van der Waals surface area contributed by atoms with E-state index in [0.717, 1.165) is 25.2 Å². The molecule has 1 fully saturated rings. The van der Waals surface area contributed by atoms with Crippen molar-refractivity contribution in [1.82, 2.24) is 9.80 Å². The van der Waals surface area contributed by atoms with E-state index in [2.05, 4.69) is 11.0 Å². The van der Waals surface area contributed by atoms with Crippen molar-refractivity contribution in [1.29, 1.82) is 5.26 Å². The lowest BCUT2D eigenvalue weighted by Gasteiger charge is -2.35. The van der Waals surface area contributed by atoms with Crippen LogP contribution in [0.25, 0.3) is 0 Å². The number of piperazine rings is 1. The molecular formula is C26H25N3O2. The van der Waals surface area contributed by atoms with Gasteiger partial charge >= 0.3 is 0 Å². The number of hydrogen-bond donors (Lipinski definition) is 0. The van der Waals surface area contributed by atoms with Gasteiger partial charge in [0.25, 0.3) is 5.91 Å². The van der Waals surface area contributed by atoms with E-state index in [1.54, 1.807) is 0 Å². The molecule has 0 spiro atoms. The van der Waals surface area contributed by atoms with Crippen LogP contribution in [0.4, 0.5) is 0 Å². The third kappa shape index (κ3) is 5.30. The topological polar surface area (TPSA) is 56.6 Å². The molecule has 0 bridgehead atoms. The van der Waals surface area contributed by atoms with Crippen LogP contribution in [0.1, 0.15) is 27.0 Å². The first-order chi connectivity index (χ1) is 15.2. The largest absolute Gasteiger partial charge is 0.488 e. The van der Waals surface area contributed by atoms with Crippen LogP contribution in [0.15, 0.2) is 78.9 Å². The predicted octanol–water partition coefficient (Wildman–Crippen LogP) is 4.10. The van der Waals surface area contributed by atoms with Crippen molar-refractivity contribution in [2.75, 3.05) is 26.2 Å². The van der Waals surface area contributed by atoms with Crippen molar-refractivity contribution in [2.45, 2.75) is 13.2 Å². The Balaban J connectivity index is 1.34. The number of carbonyl (C=O) groups is 1. The second kappa shape index (κ2) is 9.92. The highest BCUT2D eigenvalue weighted by Gasteiger charge is 2.24. The van der Waals surface area contributed by atoms with E-state index >= 15 is 0 Å². The number of para-hydroxylation sites is 1. The molecule has 4 rings (SSSR count).